The smallest absolute Gasteiger partial charge is 0.227 e. The summed E-state index contributed by atoms with van der Waals surface area (Å²) in [6.45, 7) is 8.24. The van der Waals surface area contributed by atoms with Gasteiger partial charge in [-0.15, -0.1) is 0 Å². The number of aliphatic imine (C=N–C) groups is 1. The van der Waals surface area contributed by atoms with Gasteiger partial charge >= 0.3 is 0 Å². The van der Waals surface area contributed by atoms with Crippen molar-refractivity contribution in [3.63, 3.8) is 0 Å². The quantitative estimate of drug-likeness (QED) is 0.589. The van der Waals surface area contributed by atoms with Gasteiger partial charge in [-0.25, -0.2) is 0 Å². The van der Waals surface area contributed by atoms with Crippen molar-refractivity contribution < 1.29 is 4.79 Å². The van der Waals surface area contributed by atoms with E-state index >= 15 is 0 Å². The molecule has 1 aromatic rings. The molecule has 25 heavy (non-hydrogen) atoms. The molecule has 1 fully saturated rings. The average molecular weight is 345 g/mol. The fourth-order valence-corrected chi connectivity index (χ4v) is 2.98. The van der Waals surface area contributed by atoms with Crippen LogP contribution >= 0.6 is 0 Å². The molecule has 0 radical (unpaired) electrons. The molecule has 0 spiro atoms. The van der Waals surface area contributed by atoms with E-state index in [0.717, 1.165) is 37.0 Å². The molecule has 5 heteroatoms. The molecule has 1 aliphatic rings. The Hall–Kier alpha value is -2.04. The fourth-order valence-electron chi connectivity index (χ4n) is 2.98. The molecule has 1 saturated heterocycles. The molecular formula is C20H32N4O. The number of nitrogens with one attached hydrogen (secondary N) is 2. The lowest BCUT2D eigenvalue weighted by Gasteiger charge is -2.19. The number of anilines is 1. The van der Waals surface area contributed by atoms with Gasteiger partial charge in [0.05, 0.1) is 0 Å². The first-order valence-electron chi connectivity index (χ1n) is 9.36. The van der Waals surface area contributed by atoms with Gasteiger partial charge in [0.2, 0.25) is 5.91 Å². The Bertz CT molecular complexity index is 580. The highest BCUT2D eigenvalue weighted by atomic mass is 16.2. The zero-order chi connectivity index (χ0) is 18.2. The van der Waals surface area contributed by atoms with Crippen LogP contribution in [0.2, 0.25) is 0 Å². The van der Waals surface area contributed by atoms with Crippen molar-refractivity contribution >= 4 is 17.6 Å². The third kappa shape index (κ3) is 6.07. The molecule has 0 aromatic heterocycles. The average Bonchev–Trinajstić information content (AvgIpc) is 3.03. The summed E-state index contributed by atoms with van der Waals surface area (Å²) in [7, 11) is 1.80. The minimum absolute atomic E-state index is 0.228. The van der Waals surface area contributed by atoms with E-state index in [-0.39, 0.29) is 5.91 Å². The molecule has 0 bridgehead atoms. The molecule has 1 atom stereocenters. The number of amides is 1. The van der Waals surface area contributed by atoms with Crippen molar-refractivity contribution in [2.45, 2.75) is 59.0 Å². The first kappa shape index (κ1) is 19.3. The van der Waals surface area contributed by atoms with E-state index in [9.17, 15) is 4.79 Å². The lowest BCUT2D eigenvalue weighted by Crippen LogP contribution is -2.41. The normalized spacial score (nSPS) is 16.4. The van der Waals surface area contributed by atoms with Crippen LogP contribution in [-0.4, -0.2) is 31.5 Å². The molecule has 1 amide bonds. The zero-order valence-corrected chi connectivity index (χ0v) is 16.0. The summed E-state index contributed by atoms with van der Waals surface area (Å²) in [5, 5.41) is 6.80. The van der Waals surface area contributed by atoms with Crippen molar-refractivity contribution in [3.8, 4) is 0 Å². The molecule has 1 unspecified atom stereocenters. The van der Waals surface area contributed by atoms with Crippen molar-refractivity contribution in [2.24, 2.45) is 10.9 Å². The van der Waals surface area contributed by atoms with Crippen LogP contribution in [0.15, 0.2) is 29.3 Å². The Morgan fingerprint density at radius 3 is 2.48 bits per heavy atom. The molecule has 1 heterocycles. The van der Waals surface area contributed by atoms with Crippen LogP contribution in [0, 0.1) is 5.92 Å². The molecule has 138 valence electrons. The van der Waals surface area contributed by atoms with Gasteiger partial charge < -0.3 is 15.5 Å². The van der Waals surface area contributed by atoms with E-state index in [4.69, 9.17) is 0 Å². The highest BCUT2D eigenvalue weighted by Gasteiger charge is 2.21. The fraction of sp³-hybridized carbons (Fsp3) is 0.600. The van der Waals surface area contributed by atoms with E-state index in [1.54, 1.807) is 7.05 Å². The first-order chi connectivity index (χ1) is 12.0. The molecule has 0 saturated carbocycles. The lowest BCUT2D eigenvalue weighted by atomic mass is 10.0. The molecular weight excluding hydrogens is 312 g/mol. The van der Waals surface area contributed by atoms with Crippen LogP contribution in [0.25, 0.3) is 0 Å². The summed E-state index contributed by atoms with van der Waals surface area (Å²) in [5.74, 6) is 1.78. The van der Waals surface area contributed by atoms with Crippen LogP contribution in [-0.2, 0) is 11.3 Å². The number of guanidine groups is 1. The first-order valence-corrected chi connectivity index (χ1v) is 9.36. The number of nitrogens with zero attached hydrogens (tertiary/aromatic N) is 2. The van der Waals surface area contributed by atoms with Crippen molar-refractivity contribution in [3.05, 3.63) is 29.8 Å². The SMILES string of the molecule is CN=C(NCc1ccc(N2CCCC2=O)cc1)NC(C)CCC(C)C. The summed E-state index contributed by atoms with van der Waals surface area (Å²) in [6, 6.07) is 8.60. The third-order valence-electron chi connectivity index (χ3n) is 4.57. The van der Waals surface area contributed by atoms with Gasteiger partial charge in [-0.3, -0.25) is 9.79 Å². The Labute approximate surface area is 151 Å². The Morgan fingerprint density at radius 2 is 1.92 bits per heavy atom. The predicted octanol–water partition coefficient (Wildman–Crippen LogP) is 3.30. The summed E-state index contributed by atoms with van der Waals surface area (Å²) < 4.78 is 0. The number of benzene rings is 1. The van der Waals surface area contributed by atoms with Gasteiger partial charge in [0.15, 0.2) is 5.96 Å². The largest absolute Gasteiger partial charge is 0.354 e. The van der Waals surface area contributed by atoms with Gasteiger partial charge in [0, 0.05) is 38.3 Å². The minimum atomic E-state index is 0.228. The highest BCUT2D eigenvalue weighted by molar-refractivity contribution is 5.95. The van der Waals surface area contributed by atoms with Gasteiger partial charge in [-0.05, 0) is 49.8 Å². The molecule has 2 rings (SSSR count). The molecule has 1 aliphatic heterocycles. The summed E-state index contributed by atoms with van der Waals surface area (Å²) in [4.78, 5) is 18.0. The summed E-state index contributed by atoms with van der Waals surface area (Å²) >= 11 is 0. The van der Waals surface area contributed by atoms with Gasteiger partial charge in [0.25, 0.3) is 0 Å². The van der Waals surface area contributed by atoms with Crippen molar-refractivity contribution in [2.75, 3.05) is 18.5 Å². The van der Waals surface area contributed by atoms with E-state index in [0.29, 0.717) is 19.0 Å². The van der Waals surface area contributed by atoms with Crippen LogP contribution in [0.4, 0.5) is 5.69 Å². The maximum atomic E-state index is 11.8. The second-order valence-electron chi connectivity index (χ2n) is 7.26. The molecule has 5 nitrogen and oxygen atoms in total. The van der Waals surface area contributed by atoms with Crippen molar-refractivity contribution in [1.82, 2.24) is 10.6 Å². The number of carbonyl (C=O) groups excluding carboxylic acids is 1. The number of hydrogen-bond acceptors (Lipinski definition) is 2. The Morgan fingerprint density at radius 1 is 1.20 bits per heavy atom. The maximum absolute atomic E-state index is 11.8. The van der Waals surface area contributed by atoms with Crippen LogP contribution in [0.5, 0.6) is 0 Å². The van der Waals surface area contributed by atoms with Crippen LogP contribution in [0.1, 0.15) is 52.0 Å². The van der Waals surface area contributed by atoms with E-state index < -0.39 is 0 Å². The van der Waals surface area contributed by atoms with E-state index in [2.05, 4.69) is 48.5 Å². The molecule has 1 aromatic carbocycles. The topological polar surface area (TPSA) is 56.7 Å². The van der Waals surface area contributed by atoms with Crippen LogP contribution in [0.3, 0.4) is 0 Å². The van der Waals surface area contributed by atoms with Gasteiger partial charge in [-0.2, -0.15) is 0 Å². The number of rotatable bonds is 7. The number of carbonyl (C=O) groups is 1. The van der Waals surface area contributed by atoms with E-state index in [1.807, 2.05) is 17.0 Å². The Kier molecular flexibility index (Phi) is 7.29. The number of hydrogen-bond donors (Lipinski definition) is 2. The molecule has 2 N–H and O–H groups in total. The maximum Gasteiger partial charge on any atom is 0.227 e. The second-order valence-corrected chi connectivity index (χ2v) is 7.26. The van der Waals surface area contributed by atoms with Crippen molar-refractivity contribution in [1.29, 1.82) is 0 Å². The molecule has 0 aliphatic carbocycles. The highest BCUT2D eigenvalue weighted by Crippen LogP contribution is 2.21. The van der Waals surface area contributed by atoms with Gasteiger partial charge in [0.1, 0.15) is 0 Å². The monoisotopic (exact) mass is 344 g/mol. The summed E-state index contributed by atoms with van der Waals surface area (Å²) in [6.07, 6.45) is 3.97. The van der Waals surface area contributed by atoms with Crippen LogP contribution < -0.4 is 15.5 Å². The lowest BCUT2D eigenvalue weighted by molar-refractivity contribution is -0.117. The second kappa shape index (κ2) is 9.44. The standard InChI is InChI=1S/C20H32N4O/c1-15(2)7-8-16(3)23-20(21-4)22-14-17-9-11-18(12-10-17)24-13-5-6-19(24)25/h9-12,15-16H,5-8,13-14H2,1-4H3,(H2,21,22,23). The third-order valence-corrected chi connectivity index (χ3v) is 4.57. The van der Waals surface area contributed by atoms with Gasteiger partial charge in [-0.1, -0.05) is 26.0 Å². The Balaban J connectivity index is 1.82. The van der Waals surface area contributed by atoms with E-state index in [1.165, 1.54) is 12.0 Å². The predicted molar refractivity (Wildman–Crippen MR) is 105 cm³/mol. The summed E-state index contributed by atoms with van der Waals surface area (Å²) in [5.41, 5.74) is 2.17. The minimum Gasteiger partial charge on any atom is -0.354 e. The zero-order valence-electron chi connectivity index (χ0n) is 16.0.